The third-order valence-electron chi connectivity index (χ3n) is 2.92. The average Bonchev–Trinajstić information content (AvgIpc) is 2.79. The Labute approximate surface area is 117 Å². The SMILES string of the molecule is Cc1cnc(C(C)NC(=O)c2cc(Cl)ccc2C)[nH]1. The predicted octanol–water partition coefficient (Wildman–Crippen LogP) is 3.17. The molecule has 1 heterocycles. The van der Waals surface area contributed by atoms with Crippen LogP contribution in [0.4, 0.5) is 0 Å². The number of hydrogen-bond acceptors (Lipinski definition) is 2. The second kappa shape index (κ2) is 5.45. The Kier molecular flexibility index (Phi) is 3.90. The van der Waals surface area contributed by atoms with E-state index in [2.05, 4.69) is 15.3 Å². The van der Waals surface area contributed by atoms with Crippen molar-refractivity contribution in [2.75, 3.05) is 0 Å². The molecular weight excluding hydrogens is 262 g/mol. The molecular formula is C14H16ClN3O. The van der Waals surface area contributed by atoms with Crippen molar-refractivity contribution < 1.29 is 4.79 Å². The van der Waals surface area contributed by atoms with Crippen molar-refractivity contribution in [1.82, 2.24) is 15.3 Å². The number of benzene rings is 1. The molecule has 0 saturated heterocycles. The number of H-pyrrole nitrogens is 1. The molecule has 0 spiro atoms. The zero-order valence-corrected chi connectivity index (χ0v) is 11.9. The van der Waals surface area contributed by atoms with E-state index in [4.69, 9.17) is 11.6 Å². The number of amides is 1. The fourth-order valence-electron chi connectivity index (χ4n) is 1.83. The van der Waals surface area contributed by atoms with E-state index in [1.807, 2.05) is 26.8 Å². The summed E-state index contributed by atoms with van der Waals surface area (Å²) in [6, 6.07) is 5.10. The first-order chi connectivity index (χ1) is 8.97. The monoisotopic (exact) mass is 277 g/mol. The van der Waals surface area contributed by atoms with Crippen LogP contribution in [0.5, 0.6) is 0 Å². The van der Waals surface area contributed by atoms with Gasteiger partial charge in [-0.1, -0.05) is 17.7 Å². The molecule has 1 amide bonds. The summed E-state index contributed by atoms with van der Waals surface area (Å²) in [5.41, 5.74) is 2.45. The molecule has 2 N–H and O–H groups in total. The second-order valence-corrected chi connectivity index (χ2v) is 5.04. The first-order valence-corrected chi connectivity index (χ1v) is 6.43. The number of imidazole rings is 1. The van der Waals surface area contributed by atoms with Crippen LogP contribution in [0.1, 0.15) is 40.4 Å². The van der Waals surface area contributed by atoms with Crippen LogP contribution in [0.3, 0.4) is 0 Å². The van der Waals surface area contributed by atoms with E-state index >= 15 is 0 Å². The predicted molar refractivity (Wildman–Crippen MR) is 75.4 cm³/mol. The van der Waals surface area contributed by atoms with Crippen LogP contribution >= 0.6 is 11.6 Å². The first kappa shape index (κ1) is 13.6. The maximum absolute atomic E-state index is 12.2. The van der Waals surface area contributed by atoms with Crippen LogP contribution in [-0.2, 0) is 0 Å². The lowest BCUT2D eigenvalue weighted by Crippen LogP contribution is -2.28. The molecule has 5 heteroatoms. The molecule has 0 fully saturated rings. The van der Waals surface area contributed by atoms with Gasteiger partial charge in [0, 0.05) is 22.5 Å². The normalized spacial score (nSPS) is 12.2. The summed E-state index contributed by atoms with van der Waals surface area (Å²) in [6.07, 6.45) is 1.74. The maximum atomic E-state index is 12.2. The fraction of sp³-hybridized carbons (Fsp3) is 0.286. The molecule has 0 aliphatic rings. The highest BCUT2D eigenvalue weighted by atomic mass is 35.5. The van der Waals surface area contributed by atoms with Crippen LogP contribution in [-0.4, -0.2) is 15.9 Å². The van der Waals surface area contributed by atoms with Crippen molar-refractivity contribution in [3.63, 3.8) is 0 Å². The van der Waals surface area contributed by atoms with Gasteiger partial charge in [-0.05, 0) is 38.5 Å². The first-order valence-electron chi connectivity index (χ1n) is 6.06. The van der Waals surface area contributed by atoms with E-state index < -0.39 is 0 Å². The van der Waals surface area contributed by atoms with Gasteiger partial charge in [-0.2, -0.15) is 0 Å². The Hall–Kier alpha value is -1.81. The highest BCUT2D eigenvalue weighted by Gasteiger charge is 2.15. The summed E-state index contributed by atoms with van der Waals surface area (Å²) in [4.78, 5) is 19.5. The summed E-state index contributed by atoms with van der Waals surface area (Å²) in [5.74, 6) is 0.590. The molecule has 0 bridgehead atoms. The third-order valence-corrected chi connectivity index (χ3v) is 3.16. The van der Waals surface area contributed by atoms with Gasteiger partial charge in [0.15, 0.2) is 0 Å². The van der Waals surface area contributed by atoms with Crippen molar-refractivity contribution >= 4 is 17.5 Å². The Morgan fingerprint density at radius 3 is 2.79 bits per heavy atom. The zero-order chi connectivity index (χ0) is 14.0. The standard InChI is InChI=1S/C14H16ClN3O/c1-8-4-5-11(15)6-12(8)14(19)18-10(3)13-16-7-9(2)17-13/h4-7,10H,1-3H3,(H,16,17)(H,18,19). The van der Waals surface area contributed by atoms with Gasteiger partial charge in [-0.25, -0.2) is 4.98 Å². The van der Waals surface area contributed by atoms with Gasteiger partial charge in [0.25, 0.3) is 5.91 Å². The molecule has 1 aromatic heterocycles. The highest BCUT2D eigenvalue weighted by molar-refractivity contribution is 6.31. The van der Waals surface area contributed by atoms with Gasteiger partial charge in [-0.15, -0.1) is 0 Å². The maximum Gasteiger partial charge on any atom is 0.252 e. The summed E-state index contributed by atoms with van der Waals surface area (Å²) in [7, 11) is 0. The van der Waals surface area contributed by atoms with Gasteiger partial charge < -0.3 is 10.3 Å². The second-order valence-electron chi connectivity index (χ2n) is 4.61. The lowest BCUT2D eigenvalue weighted by Gasteiger charge is -2.13. The van der Waals surface area contributed by atoms with Crippen LogP contribution in [0.15, 0.2) is 24.4 Å². The van der Waals surface area contributed by atoms with Crippen molar-refractivity contribution in [1.29, 1.82) is 0 Å². The van der Waals surface area contributed by atoms with Crippen molar-refractivity contribution in [2.45, 2.75) is 26.8 Å². The van der Waals surface area contributed by atoms with Crippen molar-refractivity contribution in [3.8, 4) is 0 Å². The molecule has 1 atom stereocenters. The Morgan fingerprint density at radius 1 is 1.42 bits per heavy atom. The number of carbonyl (C=O) groups is 1. The molecule has 2 aromatic rings. The van der Waals surface area contributed by atoms with Crippen molar-refractivity contribution in [3.05, 3.63) is 52.1 Å². The minimum atomic E-state index is -0.181. The molecule has 1 aromatic carbocycles. The third kappa shape index (κ3) is 3.15. The fourth-order valence-corrected chi connectivity index (χ4v) is 2.01. The van der Waals surface area contributed by atoms with Crippen molar-refractivity contribution in [2.24, 2.45) is 0 Å². The number of carbonyl (C=O) groups excluding carboxylic acids is 1. The lowest BCUT2D eigenvalue weighted by molar-refractivity contribution is 0.0938. The minimum Gasteiger partial charge on any atom is -0.344 e. The van der Waals surface area contributed by atoms with E-state index in [9.17, 15) is 4.79 Å². The quantitative estimate of drug-likeness (QED) is 0.905. The summed E-state index contributed by atoms with van der Waals surface area (Å²) in [5, 5.41) is 3.46. The van der Waals surface area contributed by atoms with Crippen LogP contribution in [0.25, 0.3) is 0 Å². The molecule has 0 radical (unpaired) electrons. The van der Waals surface area contributed by atoms with Gasteiger partial charge in [-0.3, -0.25) is 4.79 Å². The van der Waals surface area contributed by atoms with E-state index in [-0.39, 0.29) is 11.9 Å². The number of aromatic amines is 1. The number of aryl methyl sites for hydroxylation is 2. The van der Waals surface area contributed by atoms with Gasteiger partial charge >= 0.3 is 0 Å². The largest absolute Gasteiger partial charge is 0.344 e. The van der Waals surface area contributed by atoms with E-state index in [1.54, 1.807) is 18.3 Å². The Bertz CT molecular complexity index is 606. The van der Waals surface area contributed by atoms with E-state index in [0.717, 1.165) is 17.1 Å². The topological polar surface area (TPSA) is 57.8 Å². The number of hydrogen-bond donors (Lipinski definition) is 2. The Morgan fingerprint density at radius 2 is 2.16 bits per heavy atom. The molecule has 19 heavy (non-hydrogen) atoms. The van der Waals surface area contributed by atoms with Crippen LogP contribution < -0.4 is 5.32 Å². The average molecular weight is 278 g/mol. The summed E-state index contributed by atoms with van der Waals surface area (Å²) >= 11 is 5.92. The Balaban J connectivity index is 2.15. The number of halogens is 1. The number of aromatic nitrogens is 2. The molecule has 0 aliphatic carbocycles. The molecule has 100 valence electrons. The number of rotatable bonds is 3. The van der Waals surface area contributed by atoms with Crippen LogP contribution in [0.2, 0.25) is 5.02 Å². The summed E-state index contributed by atoms with van der Waals surface area (Å²) < 4.78 is 0. The van der Waals surface area contributed by atoms with Gasteiger partial charge in [0.1, 0.15) is 5.82 Å². The van der Waals surface area contributed by atoms with Gasteiger partial charge in [0.05, 0.1) is 6.04 Å². The molecule has 0 saturated carbocycles. The molecule has 1 unspecified atom stereocenters. The van der Waals surface area contributed by atoms with E-state index in [1.165, 1.54) is 0 Å². The lowest BCUT2D eigenvalue weighted by atomic mass is 10.1. The molecule has 2 rings (SSSR count). The zero-order valence-electron chi connectivity index (χ0n) is 11.1. The molecule has 4 nitrogen and oxygen atoms in total. The number of nitrogens with one attached hydrogen (secondary N) is 2. The minimum absolute atomic E-state index is 0.151. The highest BCUT2D eigenvalue weighted by Crippen LogP contribution is 2.16. The van der Waals surface area contributed by atoms with E-state index in [0.29, 0.717) is 10.6 Å². The smallest absolute Gasteiger partial charge is 0.252 e. The number of nitrogens with zero attached hydrogens (tertiary/aromatic N) is 1. The summed E-state index contributed by atoms with van der Waals surface area (Å²) in [6.45, 7) is 5.69. The van der Waals surface area contributed by atoms with Crippen LogP contribution in [0, 0.1) is 13.8 Å². The molecule has 0 aliphatic heterocycles. The van der Waals surface area contributed by atoms with Gasteiger partial charge in [0.2, 0.25) is 0 Å².